The molecule has 0 radical (unpaired) electrons. The smallest absolute Gasteiger partial charge is 0.267 e. The second-order valence-corrected chi connectivity index (χ2v) is 5.43. The van der Waals surface area contributed by atoms with E-state index in [4.69, 9.17) is 5.73 Å². The van der Waals surface area contributed by atoms with E-state index in [0.717, 1.165) is 23.1 Å². The molecule has 1 amide bonds. The van der Waals surface area contributed by atoms with E-state index in [-0.39, 0.29) is 11.9 Å². The van der Waals surface area contributed by atoms with E-state index in [2.05, 4.69) is 25.3 Å². The lowest BCUT2D eigenvalue weighted by atomic mass is 10.1. The minimum absolute atomic E-state index is 0.162. The number of H-pyrrole nitrogens is 1. The third-order valence-corrected chi connectivity index (χ3v) is 3.61. The Morgan fingerprint density at radius 1 is 1.38 bits per heavy atom. The number of nitrogens with one attached hydrogen (secondary N) is 2. The van der Waals surface area contributed by atoms with Gasteiger partial charge in [-0.3, -0.25) is 9.78 Å². The highest BCUT2D eigenvalue weighted by Gasteiger charge is 2.12. The number of hydrogen-bond acceptors (Lipinski definition) is 5. The van der Waals surface area contributed by atoms with Gasteiger partial charge in [0.25, 0.3) is 5.91 Å². The van der Waals surface area contributed by atoms with Crippen LogP contribution in [0.4, 0.5) is 5.95 Å². The Hall–Kier alpha value is -3.22. The Morgan fingerprint density at radius 2 is 2.25 bits per heavy atom. The van der Waals surface area contributed by atoms with Crippen LogP contribution in [0.5, 0.6) is 0 Å². The first-order valence-electron chi connectivity index (χ1n) is 7.58. The molecule has 0 aromatic carbocycles. The van der Waals surface area contributed by atoms with E-state index in [1.165, 1.54) is 0 Å². The van der Waals surface area contributed by atoms with Crippen LogP contribution in [0.3, 0.4) is 0 Å². The monoisotopic (exact) mass is 322 g/mol. The van der Waals surface area contributed by atoms with E-state index < -0.39 is 0 Å². The summed E-state index contributed by atoms with van der Waals surface area (Å²) < 4.78 is 0. The normalized spacial score (nSPS) is 10.5. The van der Waals surface area contributed by atoms with E-state index in [0.29, 0.717) is 17.9 Å². The van der Waals surface area contributed by atoms with Gasteiger partial charge in [0.2, 0.25) is 5.95 Å². The highest BCUT2D eigenvalue weighted by Crippen LogP contribution is 2.22. The Balaban J connectivity index is 1.64. The van der Waals surface area contributed by atoms with E-state index >= 15 is 0 Å². The van der Waals surface area contributed by atoms with Gasteiger partial charge < -0.3 is 16.0 Å². The first kappa shape index (κ1) is 15.7. The second-order valence-electron chi connectivity index (χ2n) is 5.43. The Kier molecular flexibility index (Phi) is 4.51. The van der Waals surface area contributed by atoms with Gasteiger partial charge in [-0.2, -0.15) is 0 Å². The number of pyridine rings is 1. The summed E-state index contributed by atoms with van der Waals surface area (Å²) in [5.41, 5.74) is 9.61. The summed E-state index contributed by atoms with van der Waals surface area (Å²) in [5, 5.41) is 2.88. The standard InChI is InChI=1S/C17H18N6O/c1-11-8-22-17(18)23-15(11)13-7-14(21-10-13)16(24)20-6-4-12-3-2-5-19-9-12/h2-3,5,7-10,21H,4,6H2,1H3,(H,20,24)(H2,18,22,23). The highest BCUT2D eigenvalue weighted by molar-refractivity contribution is 5.93. The van der Waals surface area contributed by atoms with Crippen LogP contribution < -0.4 is 11.1 Å². The maximum atomic E-state index is 12.2. The lowest BCUT2D eigenvalue weighted by Crippen LogP contribution is -2.25. The number of hydrogen-bond donors (Lipinski definition) is 3. The molecule has 7 nitrogen and oxygen atoms in total. The predicted molar refractivity (Wildman–Crippen MR) is 91.2 cm³/mol. The average Bonchev–Trinajstić information content (AvgIpc) is 3.08. The Morgan fingerprint density at radius 3 is 3.04 bits per heavy atom. The first-order valence-corrected chi connectivity index (χ1v) is 7.58. The van der Waals surface area contributed by atoms with E-state index in [1.54, 1.807) is 30.9 Å². The summed E-state index contributed by atoms with van der Waals surface area (Å²) in [6.07, 6.45) is 7.66. The van der Waals surface area contributed by atoms with Crippen molar-refractivity contribution in [2.24, 2.45) is 0 Å². The van der Waals surface area contributed by atoms with Crippen LogP contribution in [-0.4, -0.2) is 32.4 Å². The molecule has 0 saturated carbocycles. The van der Waals surface area contributed by atoms with Crippen LogP contribution in [0.15, 0.2) is 43.0 Å². The number of nitrogens with two attached hydrogens (primary N) is 1. The molecule has 4 N–H and O–H groups in total. The molecule has 0 unspecified atom stereocenters. The molecule has 0 bridgehead atoms. The largest absolute Gasteiger partial charge is 0.368 e. The van der Waals surface area contributed by atoms with E-state index in [9.17, 15) is 4.79 Å². The number of aromatic amines is 1. The summed E-state index contributed by atoms with van der Waals surface area (Å²) in [6, 6.07) is 5.62. The minimum atomic E-state index is -0.162. The van der Waals surface area contributed by atoms with Crippen LogP contribution in [0, 0.1) is 6.92 Å². The molecule has 24 heavy (non-hydrogen) atoms. The SMILES string of the molecule is Cc1cnc(N)nc1-c1c[nH]c(C(=O)NCCc2cccnc2)c1. The average molecular weight is 322 g/mol. The van der Waals surface area contributed by atoms with Gasteiger partial charge in [-0.05, 0) is 36.6 Å². The second kappa shape index (κ2) is 6.91. The number of nitrogen functional groups attached to an aromatic ring is 1. The molecule has 0 saturated heterocycles. The van der Waals surface area contributed by atoms with Crippen LogP contribution >= 0.6 is 0 Å². The zero-order valence-corrected chi connectivity index (χ0v) is 13.3. The lowest BCUT2D eigenvalue weighted by molar-refractivity contribution is 0.0950. The fourth-order valence-electron chi connectivity index (χ4n) is 2.37. The van der Waals surface area contributed by atoms with Gasteiger partial charge >= 0.3 is 0 Å². The number of aromatic nitrogens is 4. The van der Waals surface area contributed by atoms with Gasteiger partial charge in [-0.25, -0.2) is 9.97 Å². The molecule has 3 aromatic heterocycles. The van der Waals surface area contributed by atoms with Gasteiger partial charge in [0.15, 0.2) is 0 Å². The van der Waals surface area contributed by atoms with Crippen molar-refractivity contribution in [1.29, 1.82) is 0 Å². The van der Waals surface area contributed by atoms with Crippen molar-refractivity contribution in [3.8, 4) is 11.3 Å². The fraction of sp³-hybridized carbons (Fsp3) is 0.176. The molecule has 122 valence electrons. The van der Waals surface area contributed by atoms with Gasteiger partial charge in [0, 0.05) is 36.9 Å². The molecule has 0 aliphatic carbocycles. The van der Waals surface area contributed by atoms with Crippen LogP contribution in [0.2, 0.25) is 0 Å². The molecule has 3 aromatic rings. The summed E-state index contributed by atoms with van der Waals surface area (Å²) >= 11 is 0. The van der Waals surface area contributed by atoms with Crippen LogP contribution in [-0.2, 0) is 6.42 Å². The number of rotatable bonds is 5. The van der Waals surface area contributed by atoms with Crippen LogP contribution in [0.1, 0.15) is 21.6 Å². The first-order chi connectivity index (χ1) is 11.6. The van der Waals surface area contributed by atoms with Crippen molar-refractivity contribution in [3.05, 3.63) is 59.8 Å². The molecule has 0 atom stereocenters. The summed E-state index contributed by atoms with van der Waals surface area (Å²) in [7, 11) is 0. The van der Waals surface area contributed by atoms with Crippen molar-refractivity contribution < 1.29 is 4.79 Å². The lowest BCUT2D eigenvalue weighted by Gasteiger charge is -2.04. The number of carbonyl (C=O) groups excluding carboxylic acids is 1. The third-order valence-electron chi connectivity index (χ3n) is 3.61. The maximum absolute atomic E-state index is 12.2. The molecule has 3 heterocycles. The van der Waals surface area contributed by atoms with Crippen molar-refractivity contribution in [3.63, 3.8) is 0 Å². The molecule has 7 heteroatoms. The summed E-state index contributed by atoms with van der Waals surface area (Å²) in [6.45, 7) is 2.44. The zero-order valence-electron chi connectivity index (χ0n) is 13.3. The maximum Gasteiger partial charge on any atom is 0.267 e. The Labute approximate surface area is 139 Å². The molecular formula is C17H18N6O. The van der Waals surface area contributed by atoms with Crippen molar-refractivity contribution >= 4 is 11.9 Å². The topological polar surface area (TPSA) is 110 Å². The van der Waals surface area contributed by atoms with Gasteiger partial charge in [0.1, 0.15) is 5.69 Å². The fourth-order valence-corrected chi connectivity index (χ4v) is 2.37. The van der Waals surface area contributed by atoms with Crippen molar-refractivity contribution in [2.75, 3.05) is 12.3 Å². The zero-order chi connectivity index (χ0) is 16.9. The number of aryl methyl sites for hydroxylation is 1. The molecule has 0 aliphatic heterocycles. The number of amides is 1. The molecule has 0 fully saturated rings. The highest BCUT2D eigenvalue weighted by atomic mass is 16.1. The minimum Gasteiger partial charge on any atom is -0.368 e. The molecule has 0 spiro atoms. The van der Waals surface area contributed by atoms with E-state index in [1.807, 2.05) is 19.1 Å². The number of anilines is 1. The van der Waals surface area contributed by atoms with Gasteiger partial charge in [-0.1, -0.05) is 6.07 Å². The molecular weight excluding hydrogens is 304 g/mol. The Bertz CT molecular complexity index is 843. The number of carbonyl (C=O) groups is 1. The van der Waals surface area contributed by atoms with Gasteiger partial charge in [-0.15, -0.1) is 0 Å². The van der Waals surface area contributed by atoms with Crippen molar-refractivity contribution in [1.82, 2.24) is 25.3 Å². The molecule has 3 rings (SSSR count). The van der Waals surface area contributed by atoms with Gasteiger partial charge in [0.05, 0.1) is 5.69 Å². The predicted octanol–water partition coefficient (Wildman–Crippen LogP) is 1.73. The van der Waals surface area contributed by atoms with Crippen molar-refractivity contribution in [2.45, 2.75) is 13.3 Å². The summed E-state index contributed by atoms with van der Waals surface area (Å²) in [4.78, 5) is 27.4. The number of nitrogens with zero attached hydrogens (tertiary/aromatic N) is 3. The van der Waals surface area contributed by atoms with Crippen LogP contribution in [0.25, 0.3) is 11.3 Å². The summed E-state index contributed by atoms with van der Waals surface area (Å²) in [5.74, 6) is 0.0455. The quantitative estimate of drug-likeness (QED) is 0.662. The third kappa shape index (κ3) is 3.57. The molecule has 0 aliphatic rings.